The predicted molar refractivity (Wildman–Crippen MR) is 121 cm³/mol. The van der Waals surface area contributed by atoms with Crippen LogP contribution in [0.3, 0.4) is 0 Å². The van der Waals surface area contributed by atoms with Gasteiger partial charge in [-0.05, 0) is 43.2 Å². The topological polar surface area (TPSA) is 86.6 Å². The van der Waals surface area contributed by atoms with Gasteiger partial charge >= 0.3 is 0 Å². The second-order valence-electron chi connectivity index (χ2n) is 8.12. The van der Waals surface area contributed by atoms with E-state index < -0.39 is 6.17 Å². The molecule has 32 heavy (non-hydrogen) atoms. The van der Waals surface area contributed by atoms with Gasteiger partial charge in [-0.3, -0.25) is 19.6 Å². The summed E-state index contributed by atoms with van der Waals surface area (Å²) >= 11 is 0. The van der Waals surface area contributed by atoms with E-state index in [1.165, 1.54) is 6.92 Å². The number of amides is 2. The Bertz CT molecular complexity index is 951. The molecule has 1 saturated heterocycles. The van der Waals surface area contributed by atoms with E-state index in [0.29, 0.717) is 44.5 Å². The summed E-state index contributed by atoms with van der Waals surface area (Å²) in [7, 11) is 1.62. The molecule has 3 aliphatic rings. The van der Waals surface area contributed by atoms with Crippen molar-refractivity contribution < 1.29 is 18.7 Å². The maximum Gasteiger partial charge on any atom is 0.255 e. The number of likely N-dealkylation sites (tertiary alicyclic amines) is 1. The smallest absolute Gasteiger partial charge is 0.255 e. The molecule has 0 radical (unpaired) electrons. The standard InChI is InChI=1S/C23H28FN5O3/c1-15(30)25-10-7-21-27-20-13-16(23(31)28-11-8-17(24)9-12-28)14-26-22(20)29(21)18-3-5-19(32-2)6-4-18/h3-6,13-14,17,20,22H,7-12H2,1-2H3,(H,25,30). The molecule has 0 spiro atoms. The fourth-order valence-corrected chi connectivity index (χ4v) is 4.21. The largest absolute Gasteiger partial charge is 0.497 e. The summed E-state index contributed by atoms with van der Waals surface area (Å²) < 4.78 is 18.7. The van der Waals surface area contributed by atoms with Gasteiger partial charge in [-0.2, -0.15) is 0 Å². The molecule has 3 heterocycles. The van der Waals surface area contributed by atoms with Gasteiger partial charge in [0.15, 0.2) is 6.17 Å². The Kier molecular flexibility index (Phi) is 6.53. The van der Waals surface area contributed by atoms with Crippen molar-refractivity contribution in [3.05, 3.63) is 35.9 Å². The van der Waals surface area contributed by atoms with Crippen LogP contribution in [0.15, 0.2) is 45.9 Å². The van der Waals surface area contributed by atoms with Crippen molar-refractivity contribution in [2.75, 3.05) is 31.6 Å². The number of hydrogen-bond acceptors (Lipinski definition) is 6. The molecule has 0 saturated carbocycles. The van der Waals surface area contributed by atoms with Gasteiger partial charge < -0.3 is 19.9 Å². The molecular formula is C23H28FN5O3. The highest BCUT2D eigenvalue weighted by Crippen LogP contribution is 2.32. The second kappa shape index (κ2) is 9.50. The lowest BCUT2D eigenvalue weighted by Gasteiger charge is -2.31. The number of piperidine rings is 1. The zero-order valence-electron chi connectivity index (χ0n) is 18.3. The van der Waals surface area contributed by atoms with Crippen molar-refractivity contribution in [1.29, 1.82) is 0 Å². The number of nitrogens with zero attached hydrogens (tertiary/aromatic N) is 4. The van der Waals surface area contributed by atoms with Crippen molar-refractivity contribution in [2.24, 2.45) is 9.98 Å². The number of methoxy groups -OCH3 is 1. The van der Waals surface area contributed by atoms with Crippen LogP contribution in [0.4, 0.5) is 10.1 Å². The zero-order valence-corrected chi connectivity index (χ0v) is 18.3. The number of anilines is 1. The van der Waals surface area contributed by atoms with Crippen LogP contribution in [-0.4, -0.2) is 73.9 Å². The molecule has 1 N–H and O–H groups in total. The Morgan fingerprint density at radius 2 is 1.94 bits per heavy atom. The van der Waals surface area contributed by atoms with E-state index in [1.54, 1.807) is 18.2 Å². The lowest BCUT2D eigenvalue weighted by molar-refractivity contribution is -0.128. The highest BCUT2D eigenvalue weighted by Gasteiger charge is 2.38. The quantitative estimate of drug-likeness (QED) is 0.733. The normalized spacial score (nSPS) is 22.8. The van der Waals surface area contributed by atoms with Crippen molar-refractivity contribution in [3.63, 3.8) is 0 Å². The van der Waals surface area contributed by atoms with Gasteiger partial charge in [-0.15, -0.1) is 0 Å². The van der Waals surface area contributed by atoms with Crippen molar-refractivity contribution >= 4 is 29.6 Å². The van der Waals surface area contributed by atoms with Crippen LogP contribution in [0, 0.1) is 0 Å². The Balaban J connectivity index is 1.55. The van der Waals surface area contributed by atoms with E-state index in [-0.39, 0.29) is 24.0 Å². The van der Waals surface area contributed by atoms with Crippen molar-refractivity contribution in [1.82, 2.24) is 10.2 Å². The van der Waals surface area contributed by atoms with E-state index in [2.05, 4.69) is 10.3 Å². The Labute approximate surface area is 186 Å². The molecule has 1 aromatic carbocycles. The number of carbonyl (C=O) groups is 2. The highest BCUT2D eigenvalue weighted by molar-refractivity contribution is 6.13. The van der Waals surface area contributed by atoms with Crippen LogP contribution in [0.25, 0.3) is 0 Å². The number of nitrogens with one attached hydrogen (secondary N) is 1. The Morgan fingerprint density at radius 3 is 2.59 bits per heavy atom. The summed E-state index contributed by atoms with van der Waals surface area (Å²) in [5.41, 5.74) is 1.40. The van der Waals surface area contributed by atoms with Crippen LogP contribution in [0.1, 0.15) is 26.2 Å². The fourth-order valence-electron chi connectivity index (χ4n) is 4.21. The number of carbonyl (C=O) groups excluding carboxylic acids is 2. The first kappa shape index (κ1) is 22.0. The van der Waals surface area contributed by atoms with Crippen molar-refractivity contribution in [3.8, 4) is 5.75 Å². The maximum absolute atomic E-state index is 13.4. The Morgan fingerprint density at radius 1 is 1.22 bits per heavy atom. The Hall–Kier alpha value is -3.23. The molecule has 1 aromatic rings. The van der Waals surface area contributed by atoms with Gasteiger partial charge in [-0.1, -0.05) is 0 Å². The van der Waals surface area contributed by atoms with Crippen LogP contribution in [0.5, 0.6) is 5.75 Å². The van der Waals surface area contributed by atoms with Gasteiger partial charge in [0, 0.05) is 44.9 Å². The summed E-state index contributed by atoms with van der Waals surface area (Å²) in [5.74, 6) is 1.31. The van der Waals surface area contributed by atoms with E-state index in [1.807, 2.05) is 35.2 Å². The van der Waals surface area contributed by atoms with E-state index >= 15 is 0 Å². The SMILES string of the molecule is COc1ccc(N2C(CCNC(C)=O)=NC3C=C(C(=O)N4CCC(F)CC4)C=NC32)cc1. The molecule has 9 heteroatoms. The maximum atomic E-state index is 13.4. The number of hydrogen-bond donors (Lipinski definition) is 1. The molecule has 2 amide bonds. The molecule has 1 fully saturated rings. The average molecular weight is 442 g/mol. The molecule has 8 nitrogen and oxygen atoms in total. The fraction of sp³-hybridized carbons (Fsp3) is 0.478. The zero-order chi connectivity index (χ0) is 22.7. The molecule has 0 aliphatic carbocycles. The molecule has 3 aliphatic heterocycles. The first-order chi connectivity index (χ1) is 15.5. The lowest BCUT2D eigenvalue weighted by atomic mass is 10.0. The molecule has 0 aromatic heterocycles. The number of dihydropyridines is 1. The van der Waals surface area contributed by atoms with E-state index in [4.69, 9.17) is 9.73 Å². The third-order valence-electron chi connectivity index (χ3n) is 5.89. The molecule has 0 bridgehead atoms. The van der Waals surface area contributed by atoms with Gasteiger partial charge in [0.1, 0.15) is 23.8 Å². The predicted octanol–water partition coefficient (Wildman–Crippen LogP) is 2.11. The van der Waals surface area contributed by atoms with Gasteiger partial charge in [0.25, 0.3) is 5.91 Å². The van der Waals surface area contributed by atoms with Crippen LogP contribution in [-0.2, 0) is 9.59 Å². The van der Waals surface area contributed by atoms with E-state index in [9.17, 15) is 14.0 Å². The highest BCUT2D eigenvalue weighted by atomic mass is 19.1. The third-order valence-corrected chi connectivity index (χ3v) is 5.89. The first-order valence-electron chi connectivity index (χ1n) is 10.9. The number of benzene rings is 1. The second-order valence-corrected chi connectivity index (χ2v) is 8.12. The summed E-state index contributed by atoms with van der Waals surface area (Å²) in [6.07, 6.45) is 3.61. The molecule has 4 rings (SSSR count). The van der Waals surface area contributed by atoms with E-state index in [0.717, 1.165) is 17.3 Å². The number of amidine groups is 1. The number of ether oxygens (including phenoxy) is 1. The average Bonchev–Trinajstić information content (AvgIpc) is 3.16. The monoisotopic (exact) mass is 441 g/mol. The van der Waals surface area contributed by atoms with Crippen LogP contribution in [0.2, 0.25) is 0 Å². The number of rotatable bonds is 6. The van der Waals surface area contributed by atoms with Crippen LogP contribution >= 0.6 is 0 Å². The summed E-state index contributed by atoms with van der Waals surface area (Å²) in [6.45, 7) is 2.77. The van der Waals surface area contributed by atoms with Crippen molar-refractivity contribution in [2.45, 2.75) is 44.6 Å². The summed E-state index contributed by atoms with van der Waals surface area (Å²) in [4.78, 5) is 37.5. The lowest BCUT2D eigenvalue weighted by Crippen LogP contribution is -2.43. The molecule has 2 atom stereocenters. The van der Waals surface area contributed by atoms with Gasteiger partial charge in [-0.25, -0.2) is 4.39 Å². The molecule has 170 valence electrons. The van der Waals surface area contributed by atoms with Gasteiger partial charge in [0.2, 0.25) is 5.91 Å². The summed E-state index contributed by atoms with van der Waals surface area (Å²) in [5, 5.41) is 2.81. The third kappa shape index (κ3) is 4.66. The minimum atomic E-state index is -0.832. The number of aliphatic imine (C=N–C) groups is 2. The minimum absolute atomic E-state index is 0.0974. The minimum Gasteiger partial charge on any atom is -0.497 e. The molecular weight excluding hydrogens is 413 g/mol. The summed E-state index contributed by atoms with van der Waals surface area (Å²) in [6, 6.07) is 7.32. The molecule has 2 unspecified atom stereocenters. The van der Waals surface area contributed by atoms with Crippen LogP contribution < -0.4 is 15.0 Å². The number of alkyl halides is 1. The number of fused-ring (bicyclic) bond motifs is 1. The first-order valence-corrected chi connectivity index (χ1v) is 10.9. The van der Waals surface area contributed by atoms with Gasteiger partial charge in [0.05, 0.1) is 12.7 Å². The number of halogens is 1.